The van der Waals surface area contributed by atoms with E-state index in [1.165, 1.54) is 192 Å². The van der Waals surface area contributed by atoms with E-state index in [9.17, 15) is 15.0 Å². The fourth-order valence-electron chi connectivity index (χ4n) is 20.5. The summed E-state index contributed by atoms with van der Waals surface area (Å²) in [7, 11) is 0. The Balaban J connectivity index is 0.000000104. The average Bonchev–Trinajstić information content (AvgIpc) is 1.60. The van der Waals surface area contributed by atoms with Crippen molar-refractivity contribution in [2.45, 2.75) is 213 Å². The molecule has 106 heavy (non-hydrogen) atoms. The molecule has 17 heterocycles. The summed E-state index contributed by atoms with van der Waals surface area (Å²) in [5, 5.41) is 45.5. The van der Waals surface area contributed by atoms with Crippen molar-refractivity contribution in [3.63, 3.8) is 0 Å². The van der Waals surface area contributed by atoms with E-state index in [-0.39, 0.29) is 0 Å². The maximum Gasteiger partial charge on any atom is 0.163 e. The Morgan fingerprint density at radius 2 is 0.962 bits per heavy atom. The minimum atomic E-state index is -1.02. The first-order chi connectivity index (χ1) is 51.5. The van der Waals surface area contributed by atoms with Gasteiger partial charge in [-0.2, -0.15) is 10.2 Å². The van der Waals surface area contributed by atoms with E-state index in [0.717, 1.165) is 92.0 Å². The number of ketones is 1. The van der Waals surface area contributed by atoms with E-state index in [1.54, 1.807) is 35.9 Å². The second-order valence-electron chi connectivity index (χ2n) is 32.7. The van der Waals surface area contributed by atoms with Crippen molar-refractivity contribution < 1.29 is 15.0 Å². The first kappa shape index (κ1) is 70.4. The number of aliphatic hydroxyl groups is 2. The van der Waals surface area contributed by atoms with Crippen molar-refractivity contribution >= 4 is 61.9 Å². The highest BCUT2D eigenvalue weighted by Gasteiger charge is 2.42. The minimum Gasteiger partial charge on any atom is -0.384 e. The zero-order valence-electron chi connectivity index (χ0n) is 63.3. The minimum absolute atomic E-state index is 0.296. The highest BCUT2D eigenvalue weighted by molar-refractivity contribution is 5.93. The summed E-state index contributed by atoms with van der Waals surface area (Å²) in [5.74, 6) is 0.771. The zero-order valence-corrected chi connectivity index (χ0v) is 63.3. The largest absolute Gasteiger partial charge is 0.384 e. The number of hydrogen-bond donors (Lipinski definition) is 2. The van der Waals surface area contributed by atoms with Gasteiger partial charge in [-0.3, -0.25) is 39.3 Å². The van der Waals surface area contributed by atoms with E-state index in [2.05, 4.69) is 161 Å². The topological polar surface area (TPSA) is 180 Å². The van der Waals surface area contributed by atoms with Crippen LogP contribution in [-0.4, -0.2) is 142 Å². The molecule has 9 aliphatic rings. The Morgan fingerprint density at radius 1 is 0.472 bits per heavy atom. The lowest BCUT2D eigenvalue weighted by Gasteiger charge is -2.32. The van der Waals surface area contributed by atoms with Gasteiger partial charge in [0.1, 0.15) is 11.2 Å². The molecule has 0 amide bonds. The number of Topliss-reactive ketones (excluding diaryl/α,β-unsaturated/α-hetero) is 1. The van der Waals surface area contributed by atoms with Crippen LogP contribution in [0.25, 0.3) is 56.1 Å². The molecule has 0 bridgehead atoms. The monoisotopic (exact) mass is 1420 g/mol. The number of nitrogens with zero attached hydrogens (tertiary/aromatic N) is 15. The lowest BCUT2D eigenvalue weighted by atomic mass is 9.86. The molecule has 5 fully saturated rings. The van der Waals surface area contributed by atoms with Gasteiger partial charge in [-0.05, 0) is 245 Å². The standard InChI is InChI=1S/C24H32N2O.C22H23N3.2C21H25N5O/c1-16-13-17(2)24-19(14-16)23-20-9-6-11-25(20)12-10-21(23)26(24)15-22(27)18-7-4-3-5-8-18;1-16-4-5-19-18(15-16)22-20-3-2-12-24(20)13-9-21(22)25(19)14-8-17-6-10-23-11-7-17;1-14-11-16-19-17-6-4-9-25(17)10-7-18(19)26(20(16)24-23-14)13-21(2,27)15-5-3-8-22-12-15;1-14-12-16-19-17-4-3-10-25(17)11-7-18(19)26(20(16)24-23-14)13-21(2,27)15-5-8-22-9-6-15/h13-14,18,20H,3-12,15H2,1-2H3;4-8,10-11,14-15,20H,2-3,9,12-13H2,1H3;3,5,8,11-12,17,27H,4,6-7,9-10,13H2,1-2H3;5-6,8-9,12,17,27H,3-4,7,10-11,13H2,1-2H3/b;14-8+;;. The number of rotatable bonds is 11. The molecule has 0 radical (unpaired) electrons. The fraction of sp³-hybridized carbons (Fsp3) is 0.477. The Labute approximate surface area is 623 Å². The van der Waals surface area contributed by atoms with Crippen LogP contribution < -0.4 is 0 Å². The van der Waals surface area contributed by atoms with Gasteiger partial charge in [0.25, 0.3) is 0 Å². The van der Waals surface area contributed by atoms with Gasteiger partial charge in [-0.15, -0.1) is 10.2 Å². The van der Waals surface area contributed by atoms with Crippen LogP contribution in [0.5, 0.6) is 0 Å². The molecule has 550 valence electrons. The summed E-state index contributed by atoms with van der Waals surface area (Å²) in [5.41, 5.74) is 22.8. The third kappa shape index (κ3) is 13.2. The third-order valence-electron chi connectivity index (χ3n) is 25.4. The SMILES string of the molecule is Cc1cc(C)c2c(c1)c1c(n2CC(=O)C2CCCCC2)CCN2CCCC12.Cc1cc2c3c(n(CC(C)(O)c4cccnc4)c2nn1)CCN1CCCC31.Cc1cc2c3c(n(CC(C)(O)c4ccncc4)c2nn1)CCN1CCCC31.Cc1ccc2c(c1)c1c(n2/C=C/c2ccncc2)CCN2CCCC12. The molecule has 6 unspecified atom stereocenters. The van der Waals surface area contributed by atoms with E-state index in [1.807, 2.05) is 64.4 Å². The summed E-state index contributed by atoms with van der Waals surface area (Å²) < 4.78 is 9.29. The number of aryl methyl sites for hydroxylation is 5. The van der Waals surface area contributed by atoms with Crippen LogP contribution in [0.4, 0.5) is 0 Å². The van der Waals surface area contributed by atoms with Crippen LogP contribution in [0.3, 0.4) is 0 Å². The molecule has 20 rings (SSSR count). The number of aromatic nitrogens is 11. The van der Waals surface area contributed by atoms with Gasteiger partial charge in [-0.1, -0.05) is 48.6 Å². The molecule has 1 saturated carbocycles. The number of fused-ring (bicyclic) bond motifs is 20. The van der Waals surface area contributed by atoms with Crippen LogP contribution in [0.2, 0.25) is 0 Å². The van der Waals surface area contributed by atoms with Crippen molar-refractivity contribution in [1.29, 1.82) is 0 Å². The quantitative estimate of drug-likeness (QED) is 0.125. The molecule has 6 atom stereocenters. The summed E-state index contributed by atoms with van der Waals surface area (Å²) >= 11 is 0. The second kappa shape index (κ2) is 29.2. The first-order valence-electron chi connectivity index (χ1n) is 39.8. The summed E-state index contributed by atoms with van der Waals surface area (Å²) in [6.07, 6.45) is 35.4. The highest BCUT2D eigenvalue weighted by Crippen LogP contribution is 2.49. The van der Waals surface area contributed by atoms with Gasteiger partial charge >= 0.3 is 0 Å². The van der Waals surface area contributed by atoms with Crippen molar-refractivity contribution in [2.24, 2.45) is 5.92 Å². The van der Waals surface area contributed by atoms with Gasteiger partial charge in [0.15, 0.2) is 17.1 Å². The number of pyridine rings is 3. The highest BCUT2D eigenvalue weighted by atomic mass is 16.3. The lowest BCUT2D eigenvalue weighted by Crippen LogP contribution is -2.33. The number of carbonyl (C=O) groups is 1. The van der Waals surface area contributed by atoms with Crippen LogP contribution in [0, 0.1) is 40.5 Å². The molecular formula is C88H105N15O3. The predicted octanol–water partition coefficient (Wildman–Crippen LogP) is 15.2. The van der Waals surface area contributed by atoms with Gasteiger partial charge < -0.3 is 28.5 Å². The van der Waals surface area contributed by atoms with Crippen LogP contribution in [0.1, 0.15) is 211 Å². The smallest absolute Gasteiger partial charge is 0.163 e. The molecule has 18 heteroatoms. The molecular weight excluding hydrogens is 1320 g/mol. The van der Waals surface area contributed by atoms with E-state index < -0.39 is 11.2 Å². The van der Waals surface area contributed by atoms with Crippen molar-refractivity contribution in [3.8, 4) is 0 Å². The molecule has 11 aromatic rings. The zero-order chi connectivity index (χ0) is 72.5. The Kier molecular flexibility index (Phi) is 19.4. The van der Waals surface area contributed by atoms with Gasteiger partial charge in [0.05, 0.1) is 42.1 Å². The maximum atomic E-state index is 13.2. The van der Waals surface area contributed by atoms with Crippen molar-refractivity contribution in [2.75, 3.05) is 52.4 Å². The first-order valence-corrected chi connectivity index (χ1v) is 39.8. The normalized spacial score (nSPS) is 21.9. The van der Waals surface area contributed by atoms with E-state index >= 15 is 0 Å². The maximum absolute atomic E-state index is 13.2. The molecule has 4 saturated heterocycles. The van der Waals surface area contributed by atoms with Gasteiger partial charge in [0, 0.05) is 175 Å². The number of carbonyl (C=O) groups excluding carboxylic acids is 1. The summed E-state index contributed by atoms with van der Waals surface area (Å²) in [4.78, 5) is 36.1. The van der Waals surface area contributed by atoms with Crippen LogP contribution in [0.15, 0.2) is 116 Å². The van der Waals surface area contributed by atoms with Crippen LogP contribution in [-0.2, 0) is 61.3 Å². The molecule has 0 spiro atoms. The summed E-state index contributed by atoms with van der Waals surface area (Å²) in [6.45, 7) is 25.2. The van der Waals surface area contributed by atoms with Crippen molar-refractivity contribution in [3.05, 3.63) is 206 Å². The third-order valence-corrected chi connectivity index (χ3v) is 25.4. The average molecular weight is 1420 g/mol. The van der Waals surface area contributed by atoms with Gasteiger partial charge in [-0.25, -0.2) is 0 Å². The fourth-order valence-corrected chi connectivity index (χ4v) is 20.5. The lowest BCUT2D eigenvalue weighted by molar-refractivity contribution is -0.124. The Morgan fingerprint density at radius 3 is 1.50 bits per heavy atom. The van der Waals surface area contributed by atoms with Crippen molar-refractivity contribution in [1.82, 2.24) is 73.2 Å². The molecule has 2 aromatic carbocycles. The van der Waals surface area contributed by atoms with E-state index in [4.69, 9.17) is 0 Å². The molecule has 18 nitrogen and oxygen atoms in total. The predicted molar refractivity (Wildman–Crippen MR) is 420 cm³/mol. The summed E-state index contributed by atoms with van der Waals surface area (Å²) in [6, 6.07) is 29.7. The number of hydrogen-bond acceptors (Lipinski definition) is 14. The Hall–Kier alpha value is -8.62. The molecule has 1 aliphatic carbocycles. The number of benzene rings is 2. The van der Waals surface area contributed by atoms with Crippen LogP contribution >= 0.6 is 0 Å². The molecule has 2 N–H and O–H groups in total. The molecule has 8 aliphatic heterocycles. The van der Waals surface area contributed by atoms with E-state index in [0.29, 0.717) is 55.5 Å². The second-order valence-corrected chi connectivity index (χ2v) is 32.7. The molecule has 9 aromatic heterocycles. The Bertz CT molecular complexity index is 4940. The van der Waals surface area contributed by atoms with Gasteiger partial charge in [0.2, 0.25) is 0 Å².